The predicted octanol–water partition coefficient (Wildman–Crippen LogP) is 4.71. The van der Waals surface area contributed by atoms with E-state index in [0.717, 1.165) is 35.8 Å². The predicted molar refractivity (Wildman–Crippen MR) is 120 cm³/mol. The van der Waals surface area contributed by atoms with E-state index in [-0.39, 0.29) is 0 Å². The molecular formula is C25H29N3O2. The molecule has 0 unspecified atom stereocenters. The number of aromatic nitrogens is 2. The van der Waals surface area contributed by atoms with Gasteiger partial charge in [0, 0.05) is 29.8 Å². The Morgan fingerprint density at radius 1 is 0.933 bits per heavy atom. The highest BCUT2D eigenvalue weighted by Gasteiger charge is 2.26. The lowest BCUT2D eigenvalue weighted by Crippen LogP contribution is -2.25. The average molecular weight is 404 g/mol. The fourth-order valence-corrected chi connectivity index (χ4v) is 4.22. The van der Waals surface area contributed by atoms with Gasteiger partial charge in [-0.05, 0) is 62.2 Å². The monoisotopic (exact) mass is 403 g/mol. The molecule has 0 saturated heterocycles. The van der Waals surface area contributed by atoms with Gasteiger partial charge in [-0.15, -0.1) is 0 Å². The summed E-state index contributed by atoms with van der Waals surface area (Å²) < 4.78 is 12.5. The SMILES string of the molecule is COc1ccc(CN[C@@H]2C=C[C@H](c3c(C)nn(-c4ccc(OC)cc4)c3C)C2)cc1. The van der Waals surface area contributed by atoms with Crippen LogP contribution < -0.4 is 14.8 Å². The van der Waals surface area contributed by atoms with Crippen molar-refractivity contribution in [3.05, 3.63) is 83.2 Å². The van der Waals surface area contributed by atoms with Gasteiger partial charge in [0.05, 0.1) is 25.6 Å². The molecule has 30 heavy (non-hydrogen) atoms. The minimum atomic E-state index is 0.361. The number of aryl methyl sites for hydroxylation is 1. The molecule has 5 nitrogen and oxygen atoms in total. The summed E-state index contributed by atoms with van der Waals surface area (Å²) in [5, 5.41) is 8.48. The maximum absolute atomic E-state index is 5.27. The van der Waals surface area contributed by atoms with E-state index in [4.69, 9.17) is 14.6 Å². The third kappa shape index (κ3) is 4.12. The zero-order valence-electron chi connectivity index (χ0n) is 18.1. The second-order valence-electron chi connectivity index (χ2n) is 7.76. The van der Waals surface area contributed by atoms with Crippen LogP contribution in [0.5, 0.6) is 11.5 Å². The number of methoxy groups -OCH3 is 2. The Morgan fingerprint density at radius 3 is 2.20 bits per heavy atom. The van der Waals surface area contributed by atoms with Crippen LogP contribution in [0.1, 0.15) is 34.9 Å². The topological polar surface area (TPSA) is 48.3 Å². The van der Waals surface area contributed by atoms with Crippen LogP contribution in [0.15, 0.2) is 60.7 Å². The highest BCUT2D eigenvalue weighted by molar-refractivity contribution is 5.43. The van der Waals surface area contributed by atoms with Gasteiger partial charge in [-0.3, -0.25) is 0 Å². The van der Waals surface area contributed by atoms with Gasteiger partial charge >= 0.3 is 0 Å². The number of allylic oxidation sites excluding steroid dienone is 1. The average Bonchev–Trinajstić information content (AvgIpc) is 3.36. The van der Waals surface area contributed by atoms with Crippen LogP contribution >= 0.6 is 0 Å². The van der Waals surface area contributed by atoms with Crippen molar-refractivity contribution in [3.63, 3.8) is 0 Å². The first-order valence-corrected chi connectivity index (χ1v) is 10.3. The third-order valence-corrected chi connectivity index (χ3v) is 5.85. The molecule has 2 atom stereocenters. The van der Waals surface area contributed by atoms with Crippen molar-refractivity contribution in [3.8, 4) is 17.2 Å². The van der Waals surface area contributed by atoms with E-state index < -0.39 is 0 Å². The van der Waals surface area contributed by atoms with Gasteiger partial charge in [-0.1, -0.05) is 24.3 Å². The van der Waals surface area contributed by atoms with Gasteiger partial charge in [0.15, 0.2) is 0 Å². The summed E-state index contributed by atoms with van der Waals surface area (Å²) >= 11 is 0. The maximum atomic E-state index is 5.27. The standard InChI is InChI=1S/C25H29N3O2/c1-17-25(18(2)28(27-17)22-9-13-24(30-4)14-10-22)20-7-8-21(15-20)26-16-19-5-11-23(29-3)12-6-19/h5-14,20-21,26H,15-16H2,1-4H3/t20-,21+/m0/s1. The molecule has 1 aliphatic carbocycles. The number of hydrogen-bond acceptors (Lipinski definition) is 4. The molecule has 5 heteroatoms. The van der Waals surface area contributed by atoms with E-state index in [2.05, 4.69) is 43.4 Å². The van der Waals surface area contributed by atoms with Gasteiger partial charge in [-0.2, -0.15) is 5.10 Å². The normalized spacial score (nSPS) is 18.0. The van der Waals surface area contributed by atoms with Crippen LogP contribution in [0.2, 0.25) is 0 Å². The number of ether oxygens (including phenoxy) is 2. The molecule has 4 rings (SSSR count). The molecule has 2 aromatic carbocycles. The number of hydrogen-bond donors (Lipinski definition) is 1. The van der Waals surface area contributed by atoms with Crippen molar-refractivity contribution in [2.75, 3.05) is 14.2 Å². The highest BCUT2D eigenvalue weighted by Crippen LogP contribution is 2.34. The number of rotatable bonds is 7. The lowest BCUT2D eigenvalue weighted by molar-refractivity contribution is 0.414. The highest BCUT2D eigenvalue weighted by atomic mass is 16.5. The van der Waals surface area contributed by atoms with Crippen LogP contribution in [0.3, 0.4) is 0 Å². The van der Waals surface area contributed by atoms with Gasteiger partial charge in [0.25, 0.3) is 0 Å². The van der Waals surface area contributed by atoms with Crippen LogP contribution in [0.25, 0.3) is 5.69 Å². The van der Waals surface area contributed by atoms with Crippen molar-refractivity contribution in [2.45, 2.75) is 38.8 Å². The van der Waals surface area contributed by atoms with Crippen molar-refractivity contribution in [2.24, 2.45) is 0 Å². The fraction of sp³-hybridized carbons (Fsp3) is 0.320. The molecule has 0 saturated carbocycles. The molecule has 1 aromatic heterocycles. The summed E-state index contributed by atoms with van der Waals surface area (Å²) in [5.41, 5.74) is 5.93. The van der Waals surface area contributed by atoms with Crippen LogP contribution in [-0.4, -0.2) is 30.0 Å². The Balaban J connectivity index is 1.43. The number of nitrogens with zero attached hydrogens (tertiary/aromatic N) is 2. The van der Waals surface area contributed by atoms with E-state index in [9.17, 15) is 0 Å². The quantitative estimate of drug-likeness (QED) is 0.581. The molecule has 0 aliphatic heterocycles. The Labute approximate surface area is 178 Å². The Hall–Kier alpha value is -3.05. The van der Waals surface area contributed by atoms with Crippen molar-refractivity contribution >= 4 is 0 Å². The van der Waals surface area contributed by atoms with Gasteiger partial charge in [0.1, 0.15) is 11.5 Å². The van der Waals surface area contributed by atoms with E-state index in [0.29, 0.717) is 12.0 Å². The molecule has 0 bridgehead atoms. The lowest BCUT2D eigenvalue weighted by atomic mass is 9.96. The number of nitrogens with one attached hydrogen (secondary N) is 1. The molecule has 1 aliphatic rings. The molecule has 0 radical (unpaired) electrons. The molecular weight excluding hydrogens is 374 g/mol. The van der Waals surface area contributed by atoms with Gasteiger partial charge < -0.3 is 14.8 Å². The summed E-state index contributed by atoms with van der Waals surface area (Å²) in [6, 6.07) is 16.6. The smallest absolute Gasteiger partial charge is 0.119 e. The number of benzene rings is 2. The van der Waals surface area contributed by atoms with Crippen LogP contribution in [-0.2, 0) is 6.54 Å². The molecule has 0 amide bonds. The summed E-state index contributed by atoms with van der Waals surface area (Å²) in [6.07, 6.45) is 5.66. The molecule has 0 spiro atoms. The molecule has 3 aromatic rings. The van der Waals surface area contributed by atoms with E-state index in [1.807, 2.05) is 41.1 Å². The lowest BCUT2D eigenvalue weighted by Gasteiger charge is -2.15. The zero-order valence-corrected chi connectivity index (χ0v) is 18.1. The second-order valence-corrected chi connectivity index (χ2v) is 7.76. The molecule has 156 valence electrons. The Kier molecular flexibility index (Phi) is 5.91. The van der Waals surface area contributed by atoms with E-state index in [1.54, 1.807) is 14.2 Å². The Morgan fingerprint density at radius 2 is 1.57 bits per heavy atom. The summed E-state index contributed by atoms with van der Waals surface area (Å²) in [7, 11) is 3.37. The second kappa shape index (κ2) is 8.76. The van der Waals surface area contributed by atoms with E-state index >= 15 is 0 Å². The van der Waals surface area contributed by atoms with Crippen LogP contribution in [0, 0.1) is 13.8 Å². The van der Waals surface area contributed by atoms with Crippen LogP contribution in [0.4, 0.5) is 0 Å². The first-order chi connectivity index (χ1) is 14.6. The zero-order chi connectivity index (χ0) is 21.1. The first-order valence-electron chi connectivity index (χ1n) is 10.3. The summed E-state index contributed by atoms with van der Waals surface area (Å²) in [6.45, 7) is 5.11. The minimum Gasteiger partial charge on any atom is -0.497 e. The van der Waals surface area contributed by atoms with Crippen molar-refractivity contribution < 1.29 is 9.47 Å². The minimum absolute atomic E-state index is 0.361. The maximum Gasteiger partial charge on any atom is 0.119 e. The van der Waals surface area contributed by atoms with Crippen molar-refractivity contribution in [1.82, 2.24) is 15.1 Å². The molecule has 0 fully saturated rings. The van der Waals surface area contributed by atoms with E-state index in [1.165, 1.54) is 16.8 Å². The fourth-order valence-electron chi connectivity index (χ4n) is 4.22. The summed E-state index contributed by atoms with van der Waals surface area (Å²) in [5.74, 6) is 2.12. The first kappa shape index (κ1) is 20.2. The third-order valence-electron chi connectivity index (χ3n) is 5.85. The molecule has 1 heterocycles. The van der Waals surface area contributed by atoms with Gasteiger partial charge in [0.2, 0.25) is 0 Å². The summed E-state index contributed by atoms with van der Waals surface area (Å²) in [4.78, 5) is 0. The van der Waals surface area contributed by atoms with Gasteiger partial charge in [-0.25, -0.2) is 4.68 Å². The largest absolute Gasteiger partial charge is 0.497 e. The Bertz CT molecular complexity index is 1020. The van der Waals surface area contributed by atoms with Crippen molar-refractivity contribution in [1.29, 1.82) is 0 Å². The molecule has 1 N–H and O–H groups in total.